The zero-order valence-electron chi connectivity index (χ0n) is 10.1. The Hall–Kier alpha value is -1.16. The van der Waals surface area contributed by atoms with Crippen molar-refractivity contribution in [1.29, 1.82) is 0 Å². The molecule has 90 valence electrons. The predicted octanol–water partition coefficient (Wildman–Crippen LogP) is 1.41. The highest BCUT2D eigenvalue weighted by molar-refractivity contribution is 4.84. The molecule has 0 spiro atoms. The van der Waals surface area contributed by atoms with Gasteiger partial charge in [0.25, 0.3) is 5.56 Å². The van der Waals surface area contributed by atoms with E-state index in [1.807, 2.05) is 0 Å². The molecule has 0 aliphatic rings. The lowest BCUT2D eigenvalue weighted by atomic mass is 10.2. The van der Waals surface area contributed by atoms with Gasteiger partial charge in [0.15, 0.2) is 0 Å². The maximum absolute atomic E-state index is 11.4. The molecule has 1 aromatic rings. The molecule has 1 rings (SSSR count). The molecule has 0 fully saturated rings. The summed E-state index contributed by atoms with van der Waals surface area (Å²) < 4.78 is 1.52. The first-order chi connectivity index (χ1) is 7.74. The second kappa shape index (κ2) is 7.17. The fourth-order valence-electron chi connectivity index (χ4n) is 1.60. The summed E-state index contributed by atoms with van der Waals surface area (Å²) >= 11 is 0. The number of nitrogens with one attached hydrogen (secondary N) is 1. The van der Waals surface area contributed by atoms with Crippen LogP contribution in [0.15, 0.2) is 23.1 Å². The van der Waals surface area contributed by atoms with Crippen molar-refractivity contribution >= 4 is 0 Å². The molecular weight excluding hydrogens is 202 g/mol. The molecule has 0 aromatic carbocycles. The number of rotatable bonds is 7. The van der Waals surface area contributed by atoms with Crippen LogP contribution >= 0.6 is 0 Å². The van der Waals surface area contributed by atoms with Gasteiger partial charge in [-0.05, 0) is 38.8 Å². The average molecular weight is 223 g/mol. The third kappa shape index (κ3) is 4.57. The fourth-order valence-corrected chi connectivity index (χ4v) is 1.60. The van der Waals surface area contributed by atoms with E-state index in [1.54, 1.807) is 18.3 Å². The standard InChI is InChI=1S/C12H21N3O/c1-3-8-13-11(2)6-5-10-15-12(16)7-4-9-14-15/h4,7,9,11,13H,3,5-6,8,10H2,1-2H3. The van der Waals surface area contributed by atoms with Gasteiger partial charge in [-0.1, -0.05) is 6.92 Å². The molecule has 0 aliphatic heterocycles. The van der Waals surface area contributed by atoms with Gasteiger partial charge in [0.1, 0.15) is 0 Å². The van der Waals surface area contributed by atoms with Crippen LogP contribution in [0.3, 0.4) is 0 Å². The molecule has 1 heterocycles. The normalized spacial score (nSPS) is 12.6. The van der Waals surface area contributed by atoms with E-state index in [-0.39, 0.29) is 5.56 Å². The van der Waals surface area contributed by atoms with Crippen LogP contribution in [0.4, 0.5) is 0 Å². The molecule has 0 saturated carbocycles. The van der Waals surface area contributed by atoms with E-state index in [2.05, 4.69) is 24.3 Å². The maximum atomic E-state index is 11.4. The Kier molecular flexibility index (Phi) is 5.78. The average Bonchev–Trinajstić information content (AvgIpc) is 2.29. The van der Waals surface area contributed by atoms with Crippen LogP contribution in [0.25, 0.3) is 0 Å². The van der Waals surface area contributed by atoms with Crippen LogP contribution in [-0.4, -0.2) is 22.4 Å². The molecule has 0 saturated heterocycles. The van der Waals surface area contributed by atoms with Crippen LogP contribution in [0.5, 0.6) is 0 Å². The van der Waals surface area contributed by atoms with Crippen LogP contribution in [-0.2, 0) is 6.54 Å². The Morgan fingerprint density at radius 3 is 3.06 bits per heavy atom. The molecule has 0 bridgehead atoms. The minimum atomic E-state index is -0.0170. The molecule has 0 amide bonds. The van der Waals surface area contributed by atoms with Crippen molar-refractivity contribution in [1.82, 2.24) is 15.1 Å². The van der Waals surface area contributed by atoms with Crippen molar-refractivity contribution in [3.05, 3.63) is 28.7 Å². The summed E-state index contributed by atoms with van der Waals surface area (Å²) in [6.45, 7) is 6.10. The van der Waals surface area contributed by atoms with Gasteiger partial charge in [0, 0.05) is 24.8 Å². The van der Waals surface area contributed by atoms with Crippen molar-refractivity contribution in [3.63, 3.8) is 0 Å². The first-order valence-electron chi connectivity index (χ1n) is 5.99. The fraction of sp³-hybridized carbons (Fsp3) is 0.667. The topological polar surface area (TPSA) is 46.9 Å². The van der Waals surface area contributed by atoms with E-state index in [4.69, 9.17) is 0 Å². The van der Waals surface area contributed by atoms with Crippen LogP contribution in [0, 0.1) is 0 Å². The lowest BCUT2D eigenvalue weighted by Crippen LogP contribution is -2.28. The highest BCUT2D eigenvalue weighted by Gasteiger charge is 2.01. The van der Waals surface area contributed by atoms with Gasteiger partial charge in [0.05, 0.1) is 0 Å². The van der Waals surface area contributed by atoms with Crippen molar-refractivity contribution in [2.45, 2.75) is 45.7 Å². The van der Waals surface area contributed by atoms with E-state index in [1.165, 1.54) is 4.68 Å². The molecule has 1 N–H and O–H groups in total. The van der Waals surface area contributed by atoms with Gasteiger partial charge in [-0.15, -0.1) is 0 Å². The minimum Gasteiger partial charge on any atom is -0.314 e. The van der Waals surface area contributed by atoms with Crippen molar-refractivity contribution in [3.8, 4) is 0 Å². The Morgan fingerprint density at radius 1 is 1.56 bits per heavy atom. The number of nitrogens with zero attached hydrogens (tertiary/aromatic N) is 2. The smallest absolute Gasteiger partial charge is 0.266 e. The lowest BCUT2D eigenvalue weighted by Gasteiger charge is -2.12. The largest absolute Gasteiger partial charge is 0.314 e. The Bertz CT molecular complexity index is 348. The van der Waals surface area contributed by atoms with Gasteiger partial charge in [0.2, 0.25) is 0 Å². The second-order valence-electron chi connectivity index (χ2n) is 4.08. The number of hydrogen-bond acceptors (Lipinski definition) is 3. The summed E-state index contributed by atoms with van der Waals surface area (Å²) in [4.78, 5) is 11.4. The Labute approximate surface area is 96.7 Å². The van der Waals surface area contributed by atoms with Crippen LogP contribution in [0.2, 0.25) is 0 Å². The summed E-state index contributed by atoms with van der Waals surface area (Å²) in [6, 6.07) is 3.73. The van der Waals surface area contributed by atoms with E-state index in [9.17, 15) is 4.79 Å². The summed E-state index contributed by atoms with van der Waals surface area (Å²) in [7, 11) is 0. The van der Waals surface area contributed by atoms with Crippen molar-refractivity contribution in [2.75, 3.05) is 6.54 Å². The molecule has 4 heteroatoms. The monoisotopic (exact) mass is 223 g/mol. The summed E-state index contributed by atoms with van der Waals surface area (Å²) in [5.74, 6) is 0. The molecule has 4 nitrogen and oxygen atoms in total. The SMILES string of the molecule is CCCNC(C)CCCn1ncccc1=O. The van der Waals surface area contributed by atoms with E-state index in [0.29, 0.717) is 12.6 Å². The third-order valence-corrected chi connectivity index (χ3v) is 2.54. The molecule has 1 aromatic heterocycles. The highest BCUT2D eigenvalue weighted by atomic mass is 16.1. The molecular formula is C12H21N3O. The van der Waals surface area contributed by atoms with Gasteiger partial charge in [-0.25, -0.2) is 4.68 Å². The van der Waals surface area contributed by atoms with Crippen LogP contribution < -0.4 is 10.9 Å². The zero-order valence-corrected chi connectivity index (χ0v) is 10.1. The van der Waals surface area contributed by atoms with Crippen LogP contribution in [0.1, 0.15) is 33.1 Å². The van der Waals surface area contributed by atoms with Gasteiger partial charge in [-0.2, -0.15) is 5.10 Å². The van der Waals surface area contributed by atoms with Crippen molar-refractivity contribution < 1.29 is 0 Å². The second-order valence-corrected chi connectivity index (χ2v) is 4.08. The minimum absolute atomic E-state index is 0.0170. The molecule has 1 atom stereocenters. The van der Waals surface area contributed by atoms with E-state index < -0.39 is 0 Å². The van der Waals surface area contributed by atoms with E-state index in [0.717, 1.165) is 25.8 Å². The quantitative estimate of drug-likeness (QED) is 0.760. The summed E-state index contributed by atoms with van der Waals surface area (Å²) in [5.41, 5.74) is -0.0170. The first kappa shape index (κ1) is 12.9. The first-order valence-corrected chi connectivity index (χ1v) is 5.99. The predicted molar refractivity (Wildman–Crippen MR) is 65.5 cm³/mol. The molecule has 0 aliphatic carbocycles. The Balaban J connectivity index is 2.25. The van der Waals surface area contributed by atoms with E-state index >= 15 is 0 Å². The van der Waals surface area contributed by atoms with Gasteiger partial charge in [-0.3, -0.25) is 4.79 Å². The number of hydrogen-bond donors (Lipinski definition) is 1. The van der Waals surface area contributed by atoms with Gasteiger partial charge >= 0.3 is 0 Å². The summed E-state index contributed by atoms with van der Waals surface area (Å²) in [6.07, 6.45) is 4.86. The lowest BCUT2D eigenvalue weighted by molar-refractivity contribution is 0.455. The third-order valence-electron chi connectivity index (χ3n) is 2.54. The number of aryl methyl sites for hydroxylation is 1. The maximum Gasteiger partial charge on any atom is 0.266 e. The Morgan fingerprint density at radius 2 is 2.38 bits per heavy atom. The van der Waals surface area contributed by atoms with Crippen molar-refractivity contribution in [2.24, 2.45) is 0 Å². The molecule has 1 unspecified atom stereocenters. The molecule has 0 radical (unpaired) electrons. The number of aromatic nitrogens is 2. The van der Waals surface area contributed by atoms with Gasteiger partial charge < -0.3 is 5.32 Å². The molecule has 16 heavy (non-hydrogen) atoms. The highest BCUT2D eigenvalue weighted by Crippen LogP contribution is 1.97. The summed E-state index contributed by atoms with van der Waals surface area (Å²) in [5, 5.41) is 7.45. The zero-order chi connectivity index (χ0) is 11.8.